The van der Waals surface area contributed by atoms with Crippen LogP contribution in [0, 0.1) is 12.8 Å². The lowest BCUT2D eigenvalue weighted by Crippen LogP contribution is -2.44. The summed E-state index contributed by atoms with van der Waals surface area (Å²) in [5, 5.41) is 0. The Labute approximate surface area is 147 Å². The molecular weight excluding hydrogens is 320 g/mol. The monoisotopic (exact) mass is 344 g/mol. The van der Waals surface area contributed by atoms with Crippen LogP contribution in [-0.2, 0) is 11.2 Å². The molecule has 0 N–H and O–H groups in total. The SMILES string of the molecule is Cc1ncsc1CCN(C)C(=O)C1CCCN(c2ccccn2)C1. The van der Waals surface area contributed by atoms with Gasteiger partial charge in [-0.3, -0.25) is 4.79 Å². The third-order valence-electron chi connectivity index (χ3n) is 4.64. The van der Waals surface area contributed by atoms with Crippen molar-refractivity contribution in [2.45, 2.75) is 26.2 Å². The fourth-order valence-electron chi connectivity index (χ4n) is 3.18. The molecule has 3 heterocycles. The standard InChI is InChI=1S/C18H24N4OS/c1-14-16(24-13-20-14)8-11-21(2)18(23)15-6-5-10-22(12-15)17-7-3-4-9-19-17/h3-4,7,9,13,15H,5-6,8,10-12H2,1-2H3. The Morgan fingerprint density at radius 3 is 3.00 bits per heavy atom. The lowest BCUT2D eigenvalue weighted by Gasteiger charge is -2.34. The molecule has 6 heteroatoms. The Bertz CT molecular complexity index is 673. The maximum absolute atomic E-state index is 12.8. The molecule has 2 aromatic rings. The first-order valence-corrected chi connectivity index (χ1v) is 9.33. The predicted octanol–water partition coefficient (Wildman–Crippen LogP) is 2.76. The van der Waals surface area contributed by atoms with E-state index in [4.69, 9.17) is 0 Å². The number of piperidine rings is 1. The average molecular weight is 344 g/mol. The normalized spacial score (nSPS) is 17.8. The van der Waals surface area contributed by atoms with Crippen LogP contribution in [0.1, 0.15) is 23.4 Å². The highest BCUT2D eigenvalue weighted by Crippen LogP contribution is 2.23. The van der Waals surface area contributed by atoms with Crippen molar-refractivity contribution in [1.82, 2.24) is 14.9 Å². The van der Waals surface area contributed by atoms with Gasteiger partial charge in [0.25, 0.3) is 0 Å². The maximum Gasteiger partial charge on any atom is 0.227 e. The van der Waals surface area contributed by atoms with Gasteiger partial charge < -0.3 is 9.80 Å². The topological polar surface area (TPSA) is 49.3 Å². The van der Waals surface area contributed by atoms with Gasteiger partial charge in [0.15, 0.2) is 0 Å². The second kappa shape index (κ2) is 7.75. The fraction of sp³-hybridized carbons (Fsp3) is 0.500. The lowest BCUT2D eigenvalue weighted by molar-refractivity contribution is -0.134. The molecule has 1 fully saturated rings. The molecule has 0 spiro atoms. The minimum Gasteiger partial charge on any atom is -0.356 e. The first-order chi connectivity index (χ1) is 11.6. The summed E-state index contributed by atoms with van der Waals surface area (Å²) in [6.45, 7) is 4.52. The summed E-state index contributed by atoms with van der Waals surface area (Å²) in [6.07, 6.45) is 4.70. The van der Waals surface area contributed by atoms with Crippen molar-refractivity contribution in [3.8, 4) is 0 Å². The molecule has 24 heavy (non-hydrogen) atoms. The summed E-state index contributed by atoms with van der Waals surface area (Å²) < 4.78 is 0. The van der Waals surface area contributed by atoms with Crippen LogP contribution in [0.5, 0.6) is 0 Å². The molecule has 128 valence electrons. The van der Waals surface area contributed by atoms with Crippen molar-refractivity contribution in [2.75, 3.05) is 31.6 Å². The Morgan fingerprint density at radius 1 is 1.42 bits per heavy atom. The summed E-state index contributed by atoms with van der Waals surface area (Å²) in [5.74, 6) is 1.28. The quantitative estimate of drug-likeness (QED) is 0.837. The number of aryl methyl sites for hydroxylation is 1. The Hall–Kier alpha value is -1.95. The van der Waals surface area contributed by atoms with Crippen LogP contribution in [0.15, 0.2) is 29.9 Å². The van der Waals surface area contributed by atoms with Crippen LogP contribution < -0.4 is 4.90 Å². The molecule has 0 aliphatic carbocycles. The van der Waals surface area contributed by atoms with Gasteiger partial charge in [0.05, 0.1) is 17.1 Å². The Kier molecular flexibility index (Phi) is 5.45. The lowest BCUT2D eigenvalue weighted by atomic mass is 9.96. The largest absolute Gasteiger partial charge is 0.356 e. The smallest absolute Gasteiger partial charge is 0.227 e. The van der Waals surface area contributed by atoms with E-state index in [1.54, 1.807) is 11.3 Å². The molecule has 1 atom stereocenters. The predicted molar refractivity (Wildman–Crippen MR) is 97.4 cm³/mol. The van der Waals surface area contributed by atoms with E-state index in [0.29, 0.717) is 0 Å². The molecule has 1 aliphatic rings. The second-order valence-corrected chi connectivity index (χ2v) is 7.28. The van der Waals surface area contributed by atoms with Gasteiger partial charge in [-0.1, -0.05) is 6.07 Å². The number of hydrogen-bond acceptors (Lipinski definition) is 5. The number of nitrogens with zero attached hydrogens (tertiary/aromatic N) is 4. The summed E-state index contributed by atoms with van der Waals surface area (Å²) in [4.78, 5) is 26.9. The zero-order chi connectivity index (χ0) is 16.9. The highest BCUT2D eigenvalue weighted by atomic mass is 32.1. The van der Waals surface area contributed by atoms with Crippen molar-refractivity contribution in [3.63, 3.8) is 0 Å². The first-order valence-electron chi connectivity index (χ1n) is 8.45. The van der Waals surface area contributed by atoms with Crippen LogP contribution in [0.25, 0.3) is 0 Å². The minimum atomic E-state index is 0.0633. The molecule has 0 aromatic carbocycles. The van der Waals surface area contributed by atoms with Crippen LogP contribution in [-0.4, -0.2) is 47.5 Å². The molecule has 0 radical (unpaired) electrons. The number of carbonyl (C=O) groups excluding carboxylic acids is 1. The van der Waals surface area contributed by atoms with E-state index in [-0.39, 0.29) is 11.8 Å². The summed E-state index contributed by atoms with van der Waals surface area (Å²) >= 11 is 1.67. The van der Waals surface area contributed by atoms with E-state index in [9.17, 15) is 4.79 Å². The van der Waals surface area contributed by atoms with Gasteiger partial charge >= 0.3 is 0 Å². The molecular formula is C18H24N4OS. The number of thiazole rings is 1. The van der Waals surface area contributed by atoms with Gasteiger partial charge in [-0.25, -0.2) is 9.97 Å². The molecule has 3 rings (SSSR count). The minimum absolute atomic E-state index is 0.0633. The second-order valence-electron chi connectivity index (χ2n) is 6.34. The summed E-state index contributed by atoms with van der Waals surface area (Å²) in [6, 6.07) is 5.94. The number of carbonyl (C=O) groups is 1. The Balaban J connectivity index is 1.56. The Morgan fingerprint density at radius 2 is 2.29 bits per heavy atom. The van der Waals surface area contributed by atoms with E-state index < -0.39 is 0 Å². The van der Waals surface area contributed by atoms with Gasteiger partial charge in [-0.15, -0.1) is 11.3 Å². The third kappa shape index (κ3) is 3.93. The van der Waals surface area contributed by atoms with Crippen molar-refractivity contribution in [1.29, 1.82) is 0 Å². The summed E-state index contributed by atoms with van der Waals surface area (Å²) in [5.41, 5.74) is 2.96. The van der Waals surface area contributed by atoms with Gasteiger partial charge in [0, 0.05) is 44.2 Å². The van der Waals surface area contributed by atoms with E-state index in [1.807, 2.05) is 48.8 Å². The number of aromatic nitrogens is 2. The molecule has 5 nitrogen and oxygen atoms in total. The van der Waals surface area contributed by atoms with Gasteiger partial charge in [-0.05, 0) is 31.9 Å². The number of hydrogen-bond donors (Lipinski definition) is 0. The van der Waals surface area contributed by atoms with Crippen LogP contribution in [0.2, 0.25) is 0 Å². The molecule has 1 unspecified atom stereocenters. The van der Waals surface area contributed by atoms with Crippen molar-refractivity contribution in [3.05, 3.63) is 40.5 Å². The van der Waals surface area contributed by atoms with Crippen molar-refractivity contribution < 1.29 is 4.79 Å². The van der Waals surface area contributed by atoms with Crippen LogP contribution in [0.3, 0.4) is 0 Å². The van der Waals surface area contributed by atoms with Crippen molar-refractivity contribution in [2.24, 2.45) is 5.92 Å². The number of rotatable bonds is 5. The number of likely N-dealkylation sites (N-methyl/N-ethyl adjacent to an activating group) is 1. The van der Waals surface area contributed by atoms with E-state index in [2.05, 4.69) is 14.9 Å². The fourth-order valence-corrected chi connectivity index (χ4v) is 3.96. The number of amides is 1. The maximum atomic E-state index is 12.8. The third-order valence-corrected chi connectivity index (χ3v) is 5.63. The average Bonchev–Trinajstić information content (AvgIpc) is 3.05. The van der Waals surface area contributed by atoms with Gasteiger partial charge in [0.1, 0.15) is 5.82 Å². The molecule has 1 saturated heterocycles. The van der Waals surface area contributed by atoms with Gasteiger partial charge in [-0.2, -0.15) is 0 Å². The van der Waals surface area contributed by atoms with E-state index >= 15 is 0 Å². The van der Waals surface area contributed by atoms with E-state index in [0.717, 1.165) is 50.4 Å². The highest BCUT2D eigenvalue weighted by Gasteiger charge is 2.28. The molecule has 0 saturated carbocycles. The van der Waals surface area contributed by atoms with Crippen molar-refractivity contribution >= 4 is 23.1 Å². The molecule has 0 bridgehead atoms. The summed E-state index contributed by atoms with van der Waals surface area (Å²) in [7, 11) is 1.92. The highest BCUT2D eigenvalue weighted by molar-refractivity contribution is 7.09. The molecule has 1 amide bonds. The van der Waals surface area contributed by atoms with E-state index in [1.165, 1.54) is 4.88 Å². The van der Waals surface area contributed by atoms with Gasteiger partial charge in [0.2, 0.25) is 5.91 Å². The first kappa shape index (κ1) is 16.9. The number of pyridine rings is 1. The zero-order valence-corrected chi connectivity index (χ0v) is 15.1. The number of anilines is 1. The van der Waals surface area contributed by atoms with Crippen LogP contribution >= 0.6 is 11.3 Å². The molecule has 1 aliphatic heterocycles. The zero-order valence-electron chi connectivity index (χ0n) is 14.3. The molecule has 2 aromatic heterocycles. The van der Waals surface area contributed by atoms with Crippen LogP contribution in [0.4, 0.5) is 5.82 Å².